The molecule has 0 saturated heterocycles. The van der Waals surface area contributed by atoms with E-state index >= 15 is 0 Å². The number of H-pyrrole nitrogens is 1. The molecule has 5 nitrogen and oxygen atoms in total. The fourth-order valence-electron chi connectivity index (χ4n) is 1.97. The minimum Gasteiger partial charge on any atom is -0.324 e. The highest BCUT2D eigenvalue weighted by Crippen LogP contribution is 2.27. The van der Waals surface area contributed by atoms with Crippen LogP contribution in [-0.4, -0.2) is 21.1 Å². The molecule has 0 radical (unpaired) electrons. The van der Waals surface area contributed by atoms with Crippen LogP contribution in [0.3, 0.4) is 0 Å². The number of hydrogen-bond donors (Lipinski definition) is 2. The first-order valence-electron chi connectivity index (χ1n) is 7.42. The van der Waals surface area contributed by atoms with E-state index in [1.165, 1.54) is 17.8 Å². The number of amides is 1. The van der Waals surface area contributed by atoms with Crippen LogP contribution < -0.4 is 10.9 Å². The zero-order valence-corrected chi connectivity index (χ0v) is 15.6. The number of carbonyl (C=O) groups is 1. The van der Waals surface area contributed by atoms with E-state index in [2.05, 4.69) is 15.3 Å². The largest absolute Gasteiger partial charge is 0.324 e. The Morgan fingerprint density at radius 2 is 2.12 bits per heavy atom. The van der Waals surface area contributed by atoms with Crippen LogP contribution in [0.15, 0.2) is 34.2 Å². The molecule has 0 fully saturated rings. The lowest BCUT2D eigenvalue weighted by Gasteiger charge is -2.13. The van der Waals surface area contributed by atoms with Gasteiger partial charge in [-0.3, -0.25) is 9.59 Å². The molecule has 24 heavy (non-hydrogen) atoms. The Kier molecular flexibility index (Phi) is 6.71. The number of aryl methyl sites for hydroxylation is 1. The molecule has 1 amide bonds. The van der Waals surface area contributed by atoms with E-state index in [0.717, 1.165) is 18.5 Å². The Morgan fingerprint density at radius 1 is 1.38 bits per heavy atom. The fraction of sp³-hybridized carbons (Fsp3) is 0.312. The normalized spacial score (nSPS) is 12.0. The zero-order valence-electron chi connectivity index (χ0n) is 13.2. The lowest BCUT2D eigenvalue weighted by molar-refractivity contribution is -0.115. The molecule has 0 aliphatic heterocycles. The van der Waals surface area contributed by atoms with E-state index in [0.29, 0.717) is 20.9 Å². The summed E-state index contributed by atoms with van der Waals surface area (Å²) in [6.45, 7) is 3.75. The fourth-order valence-corrected chi connectivity index (χ4v) is 3.26. The summed E-state index contributed by atoms with van der Waals surface area (Å²) in [5.41, 5.74) is 0.987. The number of nitrogens with zero attached hydrogens (tertiary/aromatic N) is 1. The molecule has 0 saturated carbocycles. The van der Waals surface area contributed by atoms with Gasteiger partial charge in [0, 0.05) is 16.8 Å². The summed E-state index contributed by atoms with van der Waals surface area (Å²) in [6, 6.07) is 6.33. The van der Waals surface area contributed by atoms with Crippen LogP contribution in [0.25, 0.3) is 0 Å². The second-order valence-corrected chi connectivity index (χ2v) is 7.34. The summed E-state index contributed by atoms with van der Waals surface area (Å²) in [7, 11) is 0. The Labute approximate surface area is 154 Å². The molecule has 1 heterocycles. The Bertz CT molecular complexity index is 795. The van der Waals surface area contributed by atoms with Crippen molar-refractivity contribution in [1.82, 2.24) is 9.97 Å². The molecule has 0 aliphatic carbocycles. The van der Waals surface area contributed by atoms with E-state index in [1.54, 1.807) is 25.1 Å². The number of rotatable bonds is 6. The van der Waals surface area contributed by atoms with Crippen LogP contribution in [0.4, 0.5) is 5.69 Å². The van der Waals surface area contributed by atoms with E-state index < -0.39 is 5.25 Å². The highest BCUT2D eigenvalue weighted by atomic mass is 35.5. The smallest absolute Gasteiger partial charge is 0.251 e. The van der Waals surface area contributed by atoms with Gasteiger partial charge in [-0.25, -0.2) is 4.98 Å². The molecule has 0 bridgehead atoms. The maximum Gasteiger partial charge on any atom is 0.251 e. The van der Waals surface area contributed by atoms with Gasteiger partial charge in [-0.2, -0.15) is 0 Å². The van der Waals surface area contributed by atoms with Crippen molar-refractivity contribution in [3.05, 3.63) is 50.4 Å². The summed E-state index contributed by atoms with van der Waals surface area (Å²) < 4.78 is 0. The van der Waals surface area contributed by atoms with Crippen molar-refractivity contribution in [3.8, 4) is 0 Å². The molecular weight excluding hydrogens is 369 g/mol. The van der Waals surface area contributed by atoms with Crippen molar-refractivity contribution < 1.29 is 4.79 Å². The van der Waals surface area contributed by atoms with Crippen molar-refractivity contribution in [2.75, 3.05) is 5.32 Å². The third-order valence-corrected chi connectivity index (χ3v) is 4.66. The number of anilines is 1. The van der Waals surface area contributed by atoms with E-state index in [9.17, 15) is 9.59 Å². The van der Waals surface area contributed by atoms with Crippen LogP contribution in [0.2, 0.25) is 10.0 Å². The molecule has 128 valence electrons. The van der Waals surface area contributed by atoms with Gasteiger partial charge < -0.3 is 10.3 Å². The van der Waals surface area contributed by atoms with E-state index in [1.807, 2.05) is 6.92 Å². The van der Waals surface area contributed by atoms with Crippen LogP contribution >= 0.6 is 35.0 Å². The highest BCUT2D eigenvalue weighted by molar-refractivity contribution is 8.00. The molecule has 1 unspecified atom stereocenters. The number of hydrogen-bond acceptors (Lipinski definition) is 4. The van der Waals surface area contributed by atoms with Gasteiger partial charge in [0.1, 0.15) is 0 Å². The van der Waals surface area contributed by atoms with Crippen LogP contribution in [0.1, 0.15) is 26.0 Å². The standard InChI is InChI=1S/C16H17Cl2N3O2S/c1-3-4-11-8-14(22)21-16(19-11)24-9(2)15(23)20-13-6-5-10(17)7-12(13)18/h5-9H,3-4H2,1-2H3,(H,20,23)(H,19,21,22). The second kappa shape index (κ2) is 8.55. The van der Waals surface area contributed by atoms with Gasteiger partial charge in [0.05, 0.1) is 16.0 Å². The van der Waals surface area contributed by atoms with Crippen molar-refractivity contribution in [1.29, 1.82) is 0 Å². The first-order valence-corrected chi connectivity index (χ1v) is 9.05. The Morgan fingerprint density at radius 3 is 2.79 bits per heavy atom. The second-order valence-electron chi connectivity index (χ2n) is 5.17. The summed E-state index contributed by atoms with van der Waals surface area (Å²) in [4.78, 5) is 31.0. The summed E-state index contributed by atoms with van der Waals surface area (Å²) in [5, 5.41) is 3.57. The maximum atomic E-state index is 12.3. The highest BCUT2D eigenvalue weighted by Gasteiger charge is 2.17. The third-order valence-electron chi connectivity index (χ3n) is 3.13. The maximum absolute atomic E-state index is 12.3. The third kappa shape index (κ3) is 5.26. The van der Waals surface area contributed by atoms with Gasteiger partial charge in [-0.1, -0.05) is 48.3 Å². The minimum atomic E-state index is -0.461. The molecule has 1 aromatic heterocycles. The van der Waals surface area contributed by atoms with Crippen molar-refractivity contribution in [3.63, 3.8) is 0 Å². The number of benzene rings is 1. The number of halogens is 2. The molecule has 1 aromatic carbocycles. The van der Waals surface area contributed by atoms with Gasteiger partial charge in [-0.05, 0) is 31.5 Å². The molecule has 1 atom stereocenters. The topological polar surface area (TPSA) is 74.8 Å². The molecule has 2 N–H and O–H groups in total. The predicted octanol–water partition coefficient (Wildman–Crippen LogP) is 4.15. The SMILES string of the molecule is CCCc1cc(=O)[nH]c(SC(C)C(=O)Nc2ccc(Cl)cc2Cl)n1. The zero-order chi connectivity index (χ0) is 17.7. The summed E-state index contributed by atoms with van der Waals surface area (Å²) >= 11 is 13.1. The molecule has 0 spiro atoms. The summed E-state index contributed by atoms with van der Waals surface area (Å²) in [6.07, 6.45) is 1.62. The van der Waals surface area contributed by atoms with Gasteiger partial charge in [0.25, 0.3) is 5.56 Å². The molecule has 2 rings (SSSR count). The van der Waals surface area contributed by atoms with Crippen LogP contribution in [-0.2, 0) is 11.2 Å². The van der Waals surface area contributed by atoms with Gasteiger partial charge >= 0.3 is 0 Å². The Hall–Kier alpha value is -1.50. The lowest BCUT2D eigenvalue weighted by Crippen LogP contribution is -2.23. The van der Waals surface area contributed by atoms with Gasteiger partial charge in [0.2, 0.25) is 5.91 Å². The quantitative estimate of drug-likeness (QED) is 0.578. The molecule has 0 aliphatic rings. The average Bonchev–Trinajstić information content (AvgIpc) is 2.49. The molecule has 8 heteroatoms. The van der Waals surface area contributed by atoms with Crippen LogP contribution in [0, 0.1) is 0 Å². The molecular formula is C16H17Cl2N3O2S. The first kappa shape index (κ1) is 18.8. The van der Waals surface area contributed by atoms with Gasteiger partial charge in [0.15, 0.2) is 5.16 Å². The van der Waals surface area contributed by atoms with E-state index in [4.69, 9.17) is 23.2 Å². The van der Waals surface area contributed by atoms with Crippen molar-refractivity contribution in [2.24, 2.45) is 0 Å². The lowest BCUT2D eigenvalue weighted by atomic mass is 10.2. The number of nitrogens with one attached hydrogen (secondary N) is 2. The minimum absolute atomic E-state index is 0.218. The monoisotopic (exact) mass is 385 g/mol. The summed E-state index contributed by atoms with van der Waals surface area (Å²) in [5.74, 6) is -0.243. The number of aromatic nitrogens is 2. The van der Waals surface area contributed by atoms with E-state index in [-0.39, 0.29) is 11.5 Å². The van der Waals surface area contributed by atoms with Crippen LogP contribution in [0.5, 0.6) is 0 Å². The Balaban J connectivity index is 2.07. The number of thioether (sulfide) groups is 1. The van der Waals surface area contributed by atoms with Crippen molar-refractivity contribution in [2.45, 2.75) is 37.1 Å². The first-order chi connectivity index (χ1) is 11.4. The number of carbonyl (C=O) groups excluding carboxylic acids is 1. The molecule has 2 aromatic rings. The average molecular weight is 386 g/mol. The predicted molar refractivity (Wildman–Crippen MR) is 99.3 cm³/mol. The van der Waals surface area contributed by atoms with Crippen molar-refractivity contribution >= 4 is 46.6 Å². The number of aromatic amines is 1. The van der Waals surface area contributed by atoms with Gasteiger partial charge in [-0.15, -0.1) is 0 Å².